The summed E-state index contributed by atoms with van der Waals surface area (Å²) in [5, 5.41) is 12.0. The molecule has 1 aromatic rings. The van der Waals surface area contributed by atoms with Crippen molar-refractivity contribution in [2.75, 3.05) is 38.2 Å². The Hall–Kier alpha value is -1.86. The van der Waals surface area contributed by atoms with Crippen molar-refractivity contribution in [1.82, 2.24) is 9.88 Å². The first kappa shape index (κ1) is 15.5. The molecule has 0 aromatic carbocycles. The maximum Gasteiger partial charge on any atom is 0.337 e. The summed E-state index contributed by atoms with van der Waals surface area (Å²) in [7, 11) is 0. The standard InChI is InChI=1S/C13H16ClN3O4/c14-10-8-16-11(7-9(10)13(19)20)15-2-1-12(18)17-3-5-21-6-4-17/h7-8H,1-6H2,(H,15,16)(H,19,20). The second-order valence-electron chi connectivity index (χ2n) is 4.52. The number of hydrogen-bond donors (Lipinski definition) is 2. The SMILES string of the molecule is O=C(O)c1cc(NCCC(=O)N2CCOCC2)ncc1Cl. The predicted octanol–water partition coefficient (Wildman–Crippen LogP) is 1.09. The van der Waals surface area contributed by atoms with Crippen LogP contribution in [0.4, 0.5) is 5.82 Å². The van der Waals surface area contributed by atoms with Gasteiger partial charge in [0.05, 0.1) is 23.8 Å². The van der Waals surface area contributed by atoms with E-state index < -0.39 is 5.97 Å². The first-order valence-corrected chi connectivity index (χ1v) is 6.94. The number of aromatic carboxylic acids is 1. The molecule has 0 radical (unpaired) electrons. The molecule has 1 fully saturated rings. The molecule has 0 spiro atoms. The Bertz CT molecular complexity index is 532. The minimum absolute atomic E-state index is 0.0197. The third-order valence-corrected chi connectivity index (χ3v) is 3.40. The van der Waals surface area contributed by atoms with E-state index in [2.05, 4.69) is 10.3 Å². The Morgan fingerprint density at radius 3 is 2.81 bits per heavy atom. The van der Waals surface area contributed by atoms with Crippen molar-refractivity contribution in [2.45, 2.75) is 6.42 Å². The van der Waals surface area contributed by atoms with Crippen molar-refractivity contribution >= 4 is 29.3 Å². The van der Waals surface area contributed by atoms with Crippen molar-refractivity contribution < 1.29 is 19.4 Å². The monoisotopic (exact) mass is 313 g/mol. The smallest absolute Gasteiger partial charge is 0.337 e. The number of rotatable bonds is 5. The van der Waals surface area contributed by atoms with Gasteiger partial charge in [-0.15, -0.1) is 0 Å². The number of carboxylic acid groups (broad SMARTS) is 1. The fourth-order valence-corrected chi connectivity index (χ4v) is 2.15. The molecular formula is C13H16ClN3O4. The van der Waals surface area contributed by atoms with Gasteiger partial charge in [-0.2, -0.15) is 0 Å². The first-order chi connectivity index (χ1) is 10.1. The summed E-state index contributed by atoms with van der Waals surface area (Å²) in [4.78, 5) is 28.6. The molecule has 1 aliphatic rings. The van der Waals surface area contributed by atoms with Gasteiger partial charge in [-0.05, 0) is 6.07 Å². The number of nitrogens with zero attached hydrogens (tertiary/aromatic N) is 2. The van der Waals surface area contributed by atoms with Gasteiger partial charge in [0.2, 0.25) is 5.91 Å². The first-order valence-electron chi connectivity index (χ1n) is 6.56. The minimum Gasteiger partial charge on any atom is -0.478 e. The number of morpholine rings is 1. The van der Waals surface area contributed by atoms with E-state index in [9.17, 15) is 9.59 Å². The van der Waals surface area contributed by atoms with Crippen LogP contribution in [-0.4, -0.2) is 59.7 Å². The minimum atomic E-state index is -1.12. The van der Waals surface area contributed by atoms with E-state index in [4.69, 9.17) is 21.4 Å². The lowest BCUT2D eigenvalue weighted by Crippen LogP contribution is -2.41. The van der Waals surface area contributed by atoms with Crippen LogP contribution >= 0.6 is 11.6 Å². The predicted molar refractivity (Wildman–Crippen MR) is 76.7 cm³/mol. The highest BCUT2D eigenvalue weighted by Crippen LogP contribution is 2.17. The van der Waals surface area contributed by atoms with Crippen LogP contribution in [0.3, 0.4) is 0 Å². The van der Waals surface area contributed by atoms with Crippen LogP contribution in [0.5, 0.6) is 0 Å². The molecule has 2 rings (SSSR count). The number of carbonyl (C=O) groups excluding carboxylic acids is 1. The van der Waals surface area contributed by atoms with E-state index in [0.717, 1.165) is 0 Å². The Labute approximate surface area is 126 Å². The van der Waals surface area contributed by atoms with Gasteiger partial charge in [0.1, 0.15) is 5.82 Å². The van der Waals surface area contributed by atoms with E-state index in [0.29, 0.717) is 45.1 Å². The molecule has 2 heterocycles. The summed E-state index contributed by atoms with van der Waals surface area (Å²) in [6, 6.07) is 1.35. The van der Waals surface area contributed by atoms with Crippen molar-refractivity contribution in [3.8, 4) is 0 Å². The lowest BCUT2D eigenvalue weighted by Gasteiger charge is -2.26. The number of halogens is 1. The van der Waals surface area contributed by atoms with Gasteiger partial charge in [-0.1, -0.05) is 11.6 Å². The molecule has 1 amide bonds. The Morgan fingerprint density at radius 1 is 1.43 bits per heavy atom. The van der Waals surface area contributed by atoms with E-state index in [1.54, 1.807) is 4.90 Å². The number of aromatic nitrogens is 1. The molecule has 1 aliphatic heterocycles. The van der Waals surface area contributed by atoms with Crippen molar-refractivity contribution in [2.24, 2.45) is 0 Å². The van der Waals surface area contributed by atoms with Gasteiger partial charge in [0.15, 0.2) is 0 Å². The number of hydrogen-bond acceptors (Lipinski definition) is 5. The van der Waals surface area contributed by atoms with E-state index in [1.807, 2.05) is 0 Å². The highest BCUT2D eigenvalue weighted by molar-refractivity contribution is 6.33. The highest BCUT2D eigenvalue weighted by Gasteiger charge is 2.16. The zero-order valence-corrected chi connectivity index (χ0v) is 12.1. The highest BCUT2D eigenvalue weighted by atomic mass is 35.5. The normalized spacial score (nSPS) is 14.8. The van der Waals surface area contributed by atoms with E-state index in [1.165, 1.54) is 12.3 Å². The van der Waals surface area contributed by atoms with Crippen LogP contribution in [0.2, 0.25) is 5.02 Å². The maximum atomic E-state index is 11.9. The maximum absolute atomic E-state index is 11.9. The zero-order valence-electron chi connectivity index (χ0n) is 11.3. The number of ether oxygens (including phenoxy) is 1. The molecule has 8 heteroatoms. The number of anilines is 1. The van der Waals surface area contributed by atoms with Crippen molar-refractivity contribution in [3.63, 3.8) is 0 Å². The van der Waals surface area contributed by atoms with Gasteiger partial charge >= 0.3 is 5.97 Å². The molecule has 0 aliphatic carbocycles. The van der Waals surface area contributed by atoms with Crippen molar-refractivity contribution in [3.05, 3.63) is 22.8 Å². The van der Waals surface area contributed by atoms with Gasteiger partial charge in [-0.25, -0.2) is 9.78 Å². The zero-order chi connectivity index (χ0) is 15.2. The molecule has 1 saturated heterocycles. The summed E-state index contributed by atoms with van der Waals surface area (Å²) in [5.74, 6) is -0.695. The number of carboxylic acids is 1. The topological polar surface area (TPSA) is 91.8 Å². The number of pyridine rings is 1. The molecular weight excluding hydrogens is 298 g/mol. The van der Waals surface area contributed by atoms with Gasteiger partial charge in [0, 0.05) is 32.3 Å². The quantitative estimate of drug-likeness (QED) is 0.845. The summed E-state index contributed by atoms with van der Waals surface area (Å²) in [5.41, 5.74) is -0.0197. The summed E-state index contributed by atoms with van der Waals surface area (Å²) in [6.45, 7) is 2.74. The molecule has 0 unspecified atom stereocenters. The molecule has 7 nitrogen and oxygen atoms in total. The van der Waals surface area contributed by atoms with Crippen LogP contribution in [0.25, 0.3) is 0 Å². The summed E-state index contributed by atoms with van der Waals surface area (Å²) < 4.78 is 5.18. The van der Waals surface area contributed by atoms with E-state index in [-0.39, 0.29) is 16.5 Å². The number of amides is 1. The third-order valence-electron chi connectivity index (χ3n) is 3.09. The van der Waals surface area contributed by atoms with Gasteiger partial charge < -0.3 is 20.1 Å². The van der Waals surface area contributed by atoms with Gasteiger partial charge in [0.25, 0.3) is 0 Å². The van der Waals surface area contributed by atoms with Gasteiger partial charge in [-0.3, -0.25) is 4.79 Å². The molecule has 2 N–H and O–H groups in total. The fraction of sp³-hybridized carbons (Fsp3) is 0.462. The van der Waals surface area contributed by atoms with Crippen LogP contribution in [0.15, 0.2) is 12.3 Å². The Balaban J connectivity index is 1.84. The Morgan fingerprint density at radius 2 is 2.14 bits per heavy atom. The fourth-order valence-electron chi connectivity index (χ4n) is 1.97. The average Bonchev–Trinajstić information content (AvgIpc) is 2.49. The lowest BCUT2D eigenvalue weighted by molar-refractivity contribution is -0.134. The molecule has 114 valence electrons. The van der Waals surface area contributed by atoms with Crippen molar-refractivity contribution in [1.29, 1.82) is 0 Å². The summed E-state index contributed by atoms with van der Waals surface area (Å²) in [6.07, 6.45) is 1.59. The lowest BCUT2D eigenvalue weighted by atomic mass is 10.2. The second kappa shape index (κ2) is 7.24. The Kier molecular flexibility index (Phi) is 5.35. The van der Waals surface area contributed by atoms with Crippen LogP contribution in [0, 0.1) is 0 Å². The van der Waals surface area contributed by atoms with Crippen LogP contribution < -0.4 is 5.32 Å². The number of carbonyl (C=O) groups is 2. The molecule has 21 heavy (non-hydrogen) atoms. The van der Waals surface area contributed by atoms with E-state index >= 15 is 0 Å². The molecule has 0 bridgehead atoms. The molecule has 0 atom stereocenters. The average molecular weight is 314 g/mol. The van der Waals surface area contributed by atoms with Crippen LogP contribution in [-0.2, 0) is 9.53 Å². The number of nitrogens with one attached hydrogen (secondary N) is 1. The molecule has 1 aromatic heterocycles. The van der Waals surface area contributed by atoms with Crippen LogP contribution in [0.1, 0.15) is 16.8 Å². The second-order valence-corrected chi connectivity index (χ2v) is 4.93. The largest absolute Gasteiger partial charge is 0.478 e. The summed E-state index contributed by atoms with van der Waals surface area (Å²) >= 11 is 5.73. The molecule has 0 saturated carbocycles. The third kappa shape index (κ3) is 4.30.